The monoisotopic (exact) mass is 293 g/mol. The van der Waals surface area contributed by atoms with Gasteiger partial charge >= 0.3 is 0 Å². The molecular weight excluding hydrogens is 278 g/mol. The predicted octanol–water partition coefficient (Wildman–Crippen LogP) is 1.08. The molecule has 0 aliphatic rings. The summed E-state index contributed by atoms with van der Waals surface area (Å²) in [6, 6.07) is 6.39. The van der Waals surface area contributed by atoms with Gasteiger partial charge in [0.05, 0.1) is 4.90 Å². The Kier molecular flexibility index (Phi) is 3.84. The van der Waals surface area contributed by atoms with E-state index in [1.807, 2.05) is 14.1 Å². The highest BCUT2D eigenvalue weighted by Crippen LogP contribution is 2.17. The van der Waals surface area contributed by atoms with Gasteiger partial charge in [0.15, 0.2) is 9.84 Å². The Morgan fingerprint density at radius 1 is 1.10 bits per heavy atom. The van der Waals surface area contributed by atoms with E-state index < -0.39 is 9.84 Å². The van der Waals surface area contributed by atoms with Gasteiger partial charge in [-0.05, 0) is 24.3 Å². The van der Waals surface area contributed by atoms with Crippen LogP contribution in [0.2, 0.25) is 0 Å². The number of anilines is 3. The van der Waals surface area contributed by atoms with Crippen LogP contribution in [-0.4, -0.2) is 43.7 Å². The van der Waals surface area contributed by atoms with E-state index in [1.54, 1.807) is 17.0 Å². The van der Waals surface area contributed by atoms with Crippen LogP contribution in [0.25, 0.3) is 0 Å². The summed E-state index contributed by atoms with van der Waals surface area (Å²) in [5, 5.41) is 2.99. The van der Waals surface area contributed by atoms with Crippen molar-refractivity contribution in [1.29, 1.82) is 0 Å². The first kappa shape index (κ1) is 14.2. The number of nitrogens with one attached hydrogen (secondary N) is 1. The molecule has 7 nitrogen and oxygen atoms in total. The number of hydrogen-bond acceptors (Lipinski definition) is 7. The summed E-state index contributed by atoms with van der Waals surface area (Å²) in [5.74, 6) is 0.936. The zero-order chi connectivity index (χ0) is 14.8. The highest BCUT2D eigenvalue weighted by Gasteiger charge is 2.07. The van der Waals surface area contributed by atoms with Gasteiger partial charge in [-0.2, -0.15) is 4.98 Å². The molecule has 0 atom stereocenters. The average molecular weight is 293 g/mol. The molecule has 20 heavy (non-hydrogen) atoms. The quantitative estimate of drug-likeness (QED) is 0.902. The SMILES string of the molecule is CN(C)c1ncnc(Nc2ccc(S(C)(=O)=O)cc2)n1. The molecule has 0 unspecified atom stereocenters. The third kappa shape index (κ3) is 3.41. The minimum absolute atomic E-state index is 0.271. The van der Waals surface area contributed by atoms with Gasteiger partial charge in [-0.1, -0.05) is 0 Å². The third-order valence-corrected chi connectivity index (χ3v) is 3.63. The fourth-order valence-electron chi connectivity index (χ4n) is 1.48. The summed E-state index contributed by atoms with van der Waals surface area (Å²) in [4.78, 5) is 14.3. The Hall–Kier alpha value is -2.22. The number of sulfone groups is 1. The molecule has 1 aromatic heterocycles. The molecule has 1 aromatic carbocycles. The van der Waals surface area contributed by atoms with E-state index in [1.165, 1.54) is 24.7 Å². The van der Waals surface area contributed by atoms with E-state index in [0.717, 1.165) is 0 Å². The number of rotatable bonds is 4. The Morgan fingerprint density at radius 3 is 2.30 bits per heavy atom. The maximum atomic E-state index is 11.4. The molecule has 0 spiro atoms. The van der Waals surface area contributed by atoms with Crippen LogP contribution in [0.3, 0.4) is 0 Å². The van der Waals surface area contributed by atoms with Gasteiger partial charge in [0, 0.05) is 26.0 Å². The molecule has 1 heterocycles. The molecule has 106 valence electrons. The number of nitrogens with zero attached hydrogens (tertiary/aromatic N) is 4. The molecule has 0 fully saturated rings. The summed E-state index contributed by atoms with van der Waals surface area (Å²) in [7, 11) is 0.481. The maximum Gasteiger partial charge on any atom is 0.231 e. The first-order valence-corrected chi connectivity index (χ1v) is 7.69. The molecule has 0 aliphatic heterocycles. The van der Waals surface area contributed by atoms with Crippen molar-refractivity contribution >= 4 is 27.4 Å². The van der Waals surface area contributed by atoms with Crippen molar-refractivity contribution in [3.8, 4) is 0 Å². The average Bonchev–Trinajstić information content (AvgIpc) is 2.38. The molecule has 0 amide bonds. The van der Waals surface area contributed by atoms with Crippen molar-refractivity contribution in [3.05, 3.63) is 30.6 Å². The Morgan fingerprint density at radius 2 is 1.75 bits per heavy atom. The maximum absolute atomic E-state index is 11.4. The van der Waals surface area contributed by atoms with E-state index >= 15 is 0 Å². The first-order valence-electron chi connectivity index (χ1n) is 5.80. The Bertz CT molecular complexity index is 698. The second kappa shape index (κ2) is 5.41. The fourth-order valence-corrected chi connectivity index (χ4v) is 2.11. The summed E-state index contributed by atoms with van der Waals surface area (Å²) in [6.07, 6.45) is 2.58. The van der Waals surface area contributed by atoms with E-state index in [2.05, 4.69) is 20.3 Å². The van der Waals surface area contributed by atoms with Crippen LogP contribution < -0.4 is 10.2 Å². The van der Waals surface area contributed by atoms with Crippen molar-refractivity contribution in [1.82, 2.24) is 15.0 Å². The van der Waals surface area contributed by atoms with Crippen LogP contribution in [0, 0.1) is 0 Å². The summed E-state index contributed by atoms with van der Waals surface area (Å²) in [5.41, 5.74) is 0.702. The molecule has 1 N–H and O–H groups in total. The van der Waals surface area contributed by atoms with Gasteiger partial charge in [0.1, 0.15) is 6.33 Å². The van der Waals surface area contributed by atoms with Gasteiger partial charge < -0.3 is 10.2 Å². The number of hydrogen-bond donors (Lipinski definition) is 1. The number of aromatic nitrogens is 3. The smallest absolute Gasteiger partial charge is 0.231 e. The minimum Gasteiger partial charge on any atom is -0.347 e. The van der Waals surface area contributed by atoms with Gasteiger partial charge in [0.2, 0.25) is 11.9 Å². The molecule has 0 saturated carbocycles. The van der Waals surface area contributed by atoms with Crippen LogP contribution in [0.5, 0.6) is 0 Å². The molecular formula is C12H15N5O2S. The molecule has 0 radical (unpaired) electrons. The second-order valence-electron chi connectivity index (χ2n) is 4.43. The highest BCUT2D eigenvalue weighted by atomic mass is 32.2. The number of benzene rings is 1. The normalized spacial score (nSPS) is 11.2. The van der Waals surface area contributed by atoms with Crippen molar-refractivity contribution in [3.63, 3.8) is 0 Å². The van der Waals surface area contributed by atoms with Crippen LogP contribution in [0.4, 0.5) is 17.6 Å². The van der Waals surface area contributed by atoms with Gasteiger partial charge in [-0.3, -0.25) is 0 Å². The topological polar surface area (TPSA) is 88.1 Å². The lowest BCUT2D eigenvalue weighted by Crippen LogP contribution is -2.13. The zero-order valence-corrected chi connectivity index (χ0v) is 12.2. The van der Waals surface area contributed by atoms with Gasteiger partial charge in [0.25, 0.3) is 0 Å². The van der Waals surface area contributed by atoms with Crippen LogP contribution in [-0.2, 0) is 9.84 Å². The summed E-state index contributed by atoms with van der Waals surface area (Å²) in [6.45, 7) is 0. The van der Waals surface area contributed by atoms with Crippen LogP contribution in [0.15, 0.2) is 35.5 Å². The van der Waals surface area contributed by atoms with Crippen LogP contribution in [0.1, 0.15) is 0 Å². The second-order valence-corrected chi connectivity index (χ2v) is 6.44. The Labute approximate surface area is 117 Å². The van der Waals surface area contributed by atoms with Crippen LogP contribution >= 0.6 is 0 Å². The fraction of sp³-hybridized carbons (Fsp3) is 0.250. The van der Waals surface area contributed by atoms with Crippen molar-refractivity contribution < 1.29 is 8.42 Å². The molecule has 2 rings (SSSR count). The zero-order valence-electron chi connectivity index (χ0n) is 11.4. The third-order valence-electron chi connectivity index (χ3n) is 2.50. The largest absolute Gasteiger partial charge is 0.347 e. The van der Waals surface area contributed by atoms with Crippen molar-refractivity contribution in [2.24, 2.45) is 0 Å². The van der Waals surface area contributed by atoms with Gasteiger partial charge in [-0.15, -0.1) is 0 Å². The molecule has 0 bridgehead atoms. The molecule has 0 saturated heterocycles. The van der Waals surface area contributed by atoms with E-state index in [4.69, 9.17) is 0 Å². The standard InChI is InChI=1S/C12H15N5O2S/c1-17(2)12-14-8-13-11(16-12)15-9-4-6-10(7-5-9)20(3,18)19/h4-8H,1-3H3,(H,13,14,15,16). The molecule has 0 aliphatic carbocycles. The summed E-state index contributed by atoms with van der Waals surface area (Å²) < 4.78 is 22.7. The lowest BCUT2D eigenvalue weighted by molar-refractivity contribution is 0.602. The Balaban J connectivity index is 2.20. The van der Waals surface area contributed by atoms with E-state index in [-0.39, 0.29) is 4.90 Å². The first-order chi connectivity index (χ1) is 9.36. The minimum atomic E-state index is -3.19. The lowest BCUT2D eigenvalue weighted by Gasteiger charge is -2.11. The van der Waals surface area contributed by atoms with Gasteiger partial charge in [-0.25, -0.2) is 18.4 Å². The van der Waals surface area contributed by atoms with Crippen molar-refractivity contribution in [2.75, 3.05) is 30.6 Å². The predicted molar refractivity (Wildman–Crippen MR) is 77.0 cm³/mol. The molecule has 8 heteroatoms. The lowest BCUT2D eigenvalue weighted by atomic mass is 10.3. The summed E-state index contributed by atoms with van der Waals surface area (Å²) >= 11 is 0. The van der Waals surface area contributed by atoms with E-state index in [0.29, 0.717) is 17.6 Å². The highest BCUT2D eigenvalue weighted by molar-refractivity contribution is 7.90. The van der Waals surface area contributed by atoms with Crippen molar-refractivity contribution in [2.45, 2.75) is 4.90 Å². The molecule has 2 aromatic rings. The van der Waals surface area contributed by atoms with E-state index in [9.17, 15) is 8.42 Å².